The summed E-state index contributed by atoms with van der Waals surface area (Å²) in [5.41, 5.74) is 0.928. The van der Waals surface area contributed by atoms with Gasteiger partial charge >= 0.3 is 5.97 Å². The SMILES string of the molecule is Cc1nsc(NCCC2CC2)c1C(=O)O. The molecule has 82 valence electrons. The van der Waals surface area contributed by atoms with Crippen LogP contribution in [0, 0.1) is 12.8 Å². The van der Waals surface area contributed by atoms with Gasteiger partial charge in [-0.25, -0.2) is 4.79 Å². The summed E-state index contributed by atoms with van der Waals surface area (Å²) in [6, 6.07) is 0. The average molecular weight is 226 g/mol. The Morgan fingerprint density at radius 2 is 2.40 bits per heavy atom. The van der Waals surface area contributed by atoms with Crippen LogP contribution < -0.4 is 5.32 Å². The number of aromatic carboxylic acids is 1. The van der Waals surface area contributed by atoms with E-state index in [0.29, 0.717) is 16.3 Å². The Balaban J connectivity index is 1.96. The molecule has 1 aliphatic rings. The predicted molar refractivity (Wildman–Crippen MR) is 59.6 cm³/mol. The number of carboxylic acids is 1. The minimum Gasteiger partial charge on any atom is -0.478 e. The van der Waals surface area contributed by atoms with Gasteiger partial charge in [0.15, 0.2) is 0 Å². The maximum Gasteiger partial charge on any atom is 0.340 e. The monoisotopic (exact) mass is 226 g/mol. The molecule has 0 bridgehead atoms. The Bertz CT molecular complexity index is 371. The fraction of sp³-hybridized carbons (Fsp3) is 0.600. The first-order valence-electron chi connectivity index (χ1n) is 5.12. The summed E-state index contributed by atoms with van der Waals surface area (Å²) in [6.45, 7) is 2.58. The summed E-state index contributed by atoms with van der Waals surface area (Å²) in [6.07, 6.45) is 3.79. The van der Waals surface area contributed by atoms with E-state index in [1.807, 2.05) is 0 Å². The van der Waals surface area contributed by atoms with Crippen molar-refractivity contribution in [2.45, 2.75) is 26.2 Å². The van der Waals surface area contributed by atoms with E-state index in [1.165, 1.54) is 24.4 Å². The molecule has 0 amide bonds. The maximum absolute atomic E-state index is 10.9. The fourth-order valence-corrected chi connectivity index (χ4v) is 2.35. The molecule has 4 nitrogen and oxygen atoms in total. The molecule has 1 saturated carbocycles. The molecule has 1 aromatic heterocycles. The molecule has 1 aliphatic carbocycles. The van der Waals surface area contributed by atoms with Gasteiger partial charge in [-0.1, -0.05) is 12.8 Å². The number of carboxylic acid groups (broad SMARTS) is 1. The third-order valence-corrected chi connectivity index (χ3v) is 3.51. The van der Waals surface area contributed by atoms with Crippen molar-refractivity contribution in [1.82, 2.24) is 4.37 Å². The lowest BCUT2D eigenvalue weighted by molar-refractivity contribution is 0.0697. The second kappa shape index (κ2) is 4.18. The Labute approximate surface area is 92.5 Å². The zero-order valence-electron chi connectivity index (χ0n) is 8.62. The minimum atomic E-state index is -0.893. The summed E-state index contributed by atoms with van der Waals surface area (Å²) in [7, 11) is 0. The van der Waals surface area contributed by atoms with E-state index < -0.39 is 5.97 Å². The van der Waals surface area contributed by atoms with Crippen LogP contribution in [0.3, 0.4) is 0 Å². The predicted octanol–water partition coefficient (Wildman–Crippen LogP) is 2.36. The Kier molecular flexibility index (Phi) is 2.90. The number of aryl methyl sites for hydroxylation is 1. The molecule has 2 N–H and O–H groups in total. The highest BCUT2D eigenvalue weighted by molar-refractivity contribution is 7.10. The second-order valence-electron chi connectivity index (χ2n) is 3.94. The third kappa shape index (κ3) is 2.47. The summed E-state index contributed by atoms with van der Waals surface area (Å²) < 4.78 is 4.05. The lowest BCUT2D eigenvalue weighted by atomic mass is 10.2. The van der Waals surface area contributed by atoms with Crippen LogP contribution in [-0.2, 0) is 0 Å². The lowest BCUT2D eigenvalue weighted by Crippen LogP contribution is -2.06. The van der Waals surface area contributed by atoms with Crippen molar-refractivity contribution in [3.63, 3.8) is 0 Å². The van der Waals surface area contributed by atoms with Gasteiger partial charge in [-0.15, -0.1) is 0 Å². The largest absolute Gasteiger partial charge is 0.478 e. The van der Waals surface area contributed by atoms with Crippen LogP contribution in [0.2, 0.25) is 0 Å². The van der Waals surface area contributed by atoms with Crippen LogP contribution in [-0.4, -0.2) is 22.0 Å². The quantitative estimate of drug-likeness (QED) is 0.809. The molecule has 1 fully saturated rings. The van der Waals surface area contributed by atoms with Crippen molar-refractivity contribution >= 4 is 22.5 Å². The second-order valence-corrected chi connectivity index (χ2v) is 4.71. The Morgan fingerprint density at radius 3 is 3.00 bits per heavy atom. The van der Waals surface area contributed by atoms with Crippen LogP contribution >= 0.6 is 11.5 Å². The topological polar surface area (TPSA) is 62.2 Å². The fourth-order valence-electron chi connectivity index (χ4n) is 1.54. The molecular weight excluding hydrogens is 212 g/mol. The molecule has 1 heterocycles. The standard InChI is InChI=1S/C10H14N2O2S/c1-6-8(10(13)14)9(15-12-6)11-5-4-7-2-3-7/h7,11H,2-5H2,1H3,(H,13,14). The van der Waals surface area contributed by atoms with Crippen molar-refractivity contribution < 1.29 is 9.90 Å². The molecule has 15 heavy (non-hydrogen) atoms. The van der Waals surface area contributed by atoms with Crippen molar-refractivity contribution in [3.05, 3.63) is 11.3 Å². The van der Waals surface area contributed by atoms with E-state index in [-0.39, 0.29) is 0 Å². The molecule has 0 aromatic carbocycles. The summed E-state index contributed by atoms with van der Waals surface area (Å²) >= 11 is 1.23. The highest BCUT2D eigenvalue weighted by Crippen LogP contribution is 2.32. The number of nitrogens with zero attached hydrogens (tertiary/aromatic N) is 1. The van der Waals surface area contributed by atoms with E-state index in [2.05, 4.69) is 9.69 Å². The molecule has 0 saturated heterocycles. The van der Waals surface area contributed by atoms with Crippen molar-refractivity contribution in [3.8, 4) is 0 Å². The average Bonchev–Trinajstić information content (AvgIpc) is 2.90. The molecule has 2 rings (SSSR count). The molecule has 5 heteroatoms. The number of hydrogen-bond donors (Lipinski definition) is 2. The zero-order chi connectivity index (χ0) is 10.8. The van der Waals surface area contributed by atoms with Gasteiger partial charge in [0.2, 0.25) is 0 Å². The number of carbonyl (C=O) groups is 1. The van der Waals surface area contributed by atoms with E-state index in [9.17, 15) is 4.79 Å². The maximum atomic E-state index is 10.9. The van der Waals surface area contributed by atoms with Crippen molar-refractivity contribution in [2.24, 2.45) is 5.92 Å². The number of nitrogens with one attached hydrogen (secondary N) is 1. The molecule has 0 atom stereocenters. The normalized spacial score (nSPS) is 15.3. The van der Waals surface area contributed by atoms with Gasteiger partial charge in [0, 0.05) is 6.54 Å². The van der Waals surface area contributed by atoms with Crippen LogP contribution in [0.4, 0.5) is 5.00 Å². The van der Waals surface area contributed by atoms with Gasteiger partial charge in [0.05, 0.1) is 5.69 Å². The van der Waals surface area contributed by atoms with E-state index in [4.69, 9.17) is 5.11 Å². The minimum absolute atomic E-state index is 0.329. The van der Waals surface area contributed by atoms with E-state index in [1.54, 1.807) is 6.92 Å². The first kappa shape index (κ1) is 10.4. The van der Waals surface area contributed by atoms with Crippen molar-refractivity contribution in [2.75, 3.05) is 11.9 Å². The van der Waals surface area contributed by atoms with Crippen molar-refractivity contribution in [1.29, 1.82) is 0 Å². The van der Waals surface area contributed by atoms with Gasteiger partial charge in [-0.3, -0.25) is 0 Å². The van der Waals surface area contributed by atoms with Crippen LogP contribution in [0.15, 0.2) is 0 Å². The number of anilines is 1. The third-order valence-electron chi connectivity index (χ3n) is 2.61. The van der Waals surface area contributed by atoms with E-state index >= 15 is 0 Å². The zero-order valence-corrected chi connectivity index (χ0v) is 9.43. The Hall–Kier alpha value is -1.10. The van der Waals surface area contributed by atoms with Crippen LogP contribution in [0.5, 0.6) is 0 Å². The first-order chi connectivity index (χ1) is 7.18. The molecule has 0 radical (unpaired) electrons. The van der Waals surface area contributed by atoms with Gasteiger partial charge in [-0.05, 0) is 30.8 Å². The number of aromatic nitrogens is 1. The molecule has 1 aromatic rings. The molecule has 0 unspecified atom stereocenters. The van der Waals surface area contributed by atoms with Crippen LogP contribution in [0.25, 0.3) is 0 Å². The Morgan fingerprint density at radius 1 is 1.67 bits per heavy atom. The lowest BCUT2D eigenvalue weighted by Gasteiger charge is -2.03. The summed E-state index contributed by atoms with van der Waals surface area (Å²) in [5.74, 6) is -0.0324. The molecular formula is C10H14N2O2S. The summed E-state index contributed by atoms with van der Waals surface area (Å²) in [4.78, 5) is 10.9. The number of hydrogen-bond acceptors (Lipinski definition) is 4. The van der Waals surface area contributed by atoms with Crippen LogP contribution in [0.1, 0.15) is 35.3 Å². The highest BCUT2D eigenvalue weighted by Gasteiger charge is 2.21. The van der Waals surface area contributed by atoms with Gasteiger partial charge in [-0.2, -0.15) is 4.37 Å². The van der Waals surface area contributed by atoms with Gasteiger partial charge < -0.3 is 10.4 Å². The molecule has 0 aliphatic heterocycles. The first-order valence-corrected chi connectivity index (χ1v) is 5.89. The number of rotatable bonds is 5. The highest BCUT2D eigenvalue weighted by atomic mass is 32.1. The van der Waals surface area contributed by atoms with Gasteiger partial charge in [0.25, 0.3) is 0 Å². The summed E-state index contributed by atoms with van der Waals surface area (Å²) in [5, 5.41) is 12.8. The molecule has 0 spiro atoms. The van der Waals surface area contributed by atoms with Gasteiger partial charge in [0.1, 0.15) is 10.6 Å². The smallest absolute Gasteiger partial charge is 0.340 e. The van der Waals surface area contributed by atoms with E-state index in [0.717, 1.165) is 18.9 Å².